The van der Waals surface area contributed by atoms with Crippen LogP contribution in [-0.2, 0) is 4.79 Å². The maximum atomic E-state index is 12.2. The van der Waals surface area contributed by atoms with Crippen molar-refractivity contribution in [1.29, 1.82) is 0 Å². The molecule has 0 heterocycles. The van der Waals surface area contributed by atoms with Crippen LogP contribution in [0.4, 0.5) is 0 Å². The molecule has 3 saturated carbocycles. The Bertz CT molecular complexity index is 621. The van der Waals surface area contributed by atoms with Crippen molar-refractivity contribution >= 4 is 5.78 Å². The Labute approximate surface area is 151 Å². The van der Waals surface area contributed by atoms with E-state index < -0.39 is 5.60 Å². The van der Waals surface area contributed by atoms with Crippen molar-refractivity contribution < 1.29 is 15.0 Å². The first-order valence-corrected chi connectivity index (χ1v) is 10.3. The summed E-state index contributed by atoms with van der Waals surface area (Å²) < 4.78 is 0. The molecule has 0 aliphatic heterocycles. The topological polar surface area (TPSA) is 57.5 Å². The maximum absolute atomic E-state index is 12.2. The molecule has 3 nitrogen and oxygen atoms in total. The third kappa shape index (κ3) is 2.09. The SMILES string of the molecule is C[C@H]1C[C@@H]2[C@H](CC[C@@]3(C)[C@H]2CC[C@]3(C)O)[C@]2(CO)C1=CC(=O)C[C@@H]2C. The van der Waals surface area contributed by atoms with Crippen LogP contribution < -0.4 is 0 Å². The Morgan fingerprint density at radius 1 is 1.16 bits per heavy atom. The number of carbonyl (C=O) groups excluding carboxylic acids is 1. The number of aliphatic hydroxyl groups is 2. The van der Waals surface area contributed by atoms with Crippen LogP contribution in [0.25, 0.3) is 0 Å². The summed E-state index contributed by atoms with van der Waals surface area (Å²) in [6.07, 6.45) is 7.66. The van der Waals surface area contributed by atoms with Crippen LogP contribution in [0.1, 0.15) is 66.2 Å². The molecular weight excluding hydrogens is 312 g/mol. The highest BCUT2D eigenvalue weighted by molar-refractivity contribution is 5.92. The molecule has 8 atom stereocenters. The smallest absolute Gasteiger partial charge is 0.155 e. The summed E-state index contributed by atoms with van der Waals surface area (Å²) in [7, 11) is 0. The van der Waals surface area contributed by atoms with Crippen LogP contribution >= 0.6 is 0 Å². The molecule has 4 rings (SSSR count). The van der Waals surface area contributed by atoms with Crippen molar-refractivity contribution in [3.05, 3.63) is 11.6 Å². The molecule has 0 spiro atoms. The van der Waals surface area contributed by atoms with E-state index in [0.29, 0.717) is 30.1 Å². The lowest BCUT2D eigenvalue weighted by Crippen LogP contribution is -2.59. The summed E-state index contributed by atoms with van der Waals surface area (Å²) in [6.45, 7) is 8.93. The quantitative estimate of drug-likeness (QED) is 0.760. The lowest BCUT2D eigenvalue weighted by Gasteiger charge is -2.62. The van der Waals surface area contributed by atoms with Crippen molar-refractivity contribution in [3.63, 3.8) is 0 Å². The molecule has 0 aromatic rings. The Hall–Kier alpha value is -0.670. The van der Waals surface area contributed by atoms with Crippen LogP contribution in [0.5, 0.6) is 0 Å². The first-order valence-electron chi connectivity index (χ1n) is 10.3. The first kappa shape index (κ1) is 17.7. The summed E-state index contributed by atoms with van der Waals surface area (Å²) in [4.78, 5) is 12.2. The Morgan fingerprint density at radius 3 is 2.52 bits per heavy atom. The Balaban J connectivity index is 1.80. The minimum absolute atomic E-state index is 0.000522. The van der Waals surface area contributed by atoms with E-state index in [1.54, 1.807) is 0 Å². The third-order valence-electron chi connectivity index (χ3n) is 9.32. The first-order chi connectivity index (χ1) is 11.7. The zero-order valence-electron chi connectivity index (χ0n) is 16.2. The van der Waals surface area contributed by atoms with Crippen molar-refractivity contribution in [2.75, 3.05) is 6.61 Å². The highest BCUT2D eigenvalue weighted by atomic mass is 16.3. The number of rotatable bonds is 1. The molecule has 4 aliphatic carbocycles. The van der Waals surface area contributed by atoms with Crippen molar-refractivity contribution in [1.82, 2.24) is 0 Å². The van der Waals surface area contributed by atoms with Gasteiger partial charge in [0.1, 0.15) is 0 Å². The molecule has 3 heteroatoms. The van der Waals surface area contributed by atoms with E-state index in [1.165, 1.54) is 5.57 Å². The summed E-state index contributed by atoms with van der Waals surface area (Å²) in [5, 5.41) is 21.6. The maximum Gasteiger partial charge on any atom is 0.155 e. The van der Waals surface area contributed by atoms with Gasteiger partial charge in [0.2, 0.25) is 0 Å². The number of hydrogen-bond donors (Lipinski definition) is 2. The molecular formula is C22H34O3. The van der Waals surface area contributed by atoms with Crippen LogP contribution in [0, 0.1) is 40.4 Å². The summed E-state index contributed by atoms with van der Waals surface area (Å²) in [5.74, 6) is 2.36. The molecule has 0 unspecified atom stereocenters. The van der Waals surface area contributed by atoms with Gasteiger partial charge in [0.05, 0.1) is 12.2 Å². The van der Waals surface area contributed by atoms with Gasteiger partial charge in [0, 0.05) is 11.8 Å². The average molecular weight is 347 g/mol. The van der Waals surface area contributed by atoms with Gasteiger partial charge in [-0.1, -0.05) is 26.3 Å². The van der Waals surface area contributed by atoms with Crippen molar-refractivity contribution in [3.8, 4) is 0 Å². The number of aliphatic hydroxyl groups excluding tert-OH is 1. The zero-order chi connectivity index (χ0) is 18.2. The largest absolute Gasteiger partial charge is 0.395 e. The monoisotopic (exact) mass is 346 g/mol. The van der Waals surface area contributed by atoms with Crippen LogP contribution in [0.15, 0.2) is 11.6 Å². The summed E-state index contributed by atoms with van der Waals surface area (Å²) >= 11 is 0. The van der Waals surface area contributed by atoms with Crippen molar-refractivity contribution in [2.24, 2.45) is 40.4 Å². The fraction of sp³-hybridized carbons (Fsp3) is 0.864. The second-order valence-electron chi connectivity index (χ2n) is 10.2. The van der Waals surface area contributed by atoms with E-state index >= 15 is 0 Å². The lowest BCUT2D eigenvalue weighted by molar-refractivity contribution is -0.144. The third-order valence-corrected chi connectivity index (χ3v) is 9.32. The standard InChI is InChI=1S/C22H34O3/c1-13-9-16-17-6-8-21(4,25)20(17,3)7-5-18(16)22(12-23)14(2)10-15(24)11-19(13)22/h11,13-14,16-18,23,25H,5-10,12H2,1-4H3/t13-,14-,16-,17-,18-,20-,21-,22+/m0/s1. The van der Waals surface area contributed by atoms with E-state index in [9.17, 15) is 15.0 Å². The summed E-state index contributed by atoms with van der Waals surface area (Å²) in [6, 6.07) is 0. The number of carbonyl (C=O) groups is 1. The predicted octanol–water partition coefficient (Wildman–Crippen LogP) is 3.73. The van der Waals surface area contributed by atoms with Gasteiger partial charge >= 0.3 is 0 Å². The molecule has 140 valence electrons. The summed E-state index contributed by atoms with van der Waals surface area (Å²) in [5.41, 5.74) is 0.446. The minimum Gasteiger partial charge on any atom is -0.395 e. The van der Waals surface area contributed by atoms with E-state index in [2.05, 4.69) is 20.8 Å². The number of fused-ring (bicyclic) bond motifs is 5. The van der Waals surface area contributed by atoms with Gasteiger partial charge in [-0.2, -0.15) is 0 Å². The fourth-order valence-electron chi connectivity index (χ4n) is 7.71. The number of ketones is 1. The molecule has 25 heavy (non-hydrogen) atoms. The van der Waals surface area contributed by atoms with E-state index in [-0.39, 0.29) is 29.1 Å². The van der Waals surface area contributed by atoms with Gasteiger partial charge in [-0.15, -0.1) is 0 Å². The zero-order valence-corrected chi connectivity index (χ0v) is 16.2. The molecule has 0 aromatic heterocycles. The minimum atomic E-state index is -0.567. The molecule has 2 N–H and O–H groups in total. The molecule has 0 aromatic carbocycles. The Morgan fingerprint density at radius 2 is 1.84 bits per heavy atom. The molecule has 0 radical (unpaired) electrons. The second-order valence-corrected chi connectivity index (χ2v) is 10.2. The normalized spacial score (nSPS) is 55.2. The molecule has 3 fully saturated rings. The van der Waals surface area contributed by atoms with Gasteiger partial charge in [0.25, 0.3) is 0 Å². The lowest BCUT2D eigenvalue weighted by atomic mass is 9.43. The highest BCUT2D eigenvalue weighted by Crippen LogP contribution is 2.68. The van der Waals surface area contributed by atoms with Gasteiger partial charge in [-0.25, -0.2) is 0 Å². The predicted molar refractivity (Wildman–Crippen MR) is 97.8 cm³/mol. The van der Waals surface area contributed by atoms with E-state index in [1.807, 2.05) is 13.0 Å². The van der Waals surface area contributed by atoms with E-state index in [4.69, 9.17) is 0 Å². The Kier molecular flexibility index (Phi) is 3.84. The van der Waals surface area contributed by atoms with Crippen LogP contribution in [0.3, 0.4) is 0 Å². The highest BCUT2D eigenvalue weighted by Gasteiger charge is 2.65. The van der Waals surface area contributed by atoms with E-state index in [0.717, 1.165) is 32.1 Å². The molecule has 0 saturated heterocycles. The van der Waals surface area contributed by atoms with Gasteiger partial charge < -0.3 is 10.2 Å². The fourth-order valence-corrected chi connectivity index (χ4v) is 7.71. The van der Waals surface area contributed by atoms with Gasteiger partial charge in [0.15, 0.2) is 5.78 Å². The van der Waals surface area contributed by atoms with Gasteiger partial charge in [-0.3, -0.25) is 4.79 Å². The van der Waals surface area contributed by atoms with Crippen molar-refractivity contribution in [2.45, 2.75) is 71.8 Å². The number of hydrogen-bond acceptors (Lipinski definition) is 3. The van der Waals surface area contributed by atoms with Crippen LogP contribution in [0.2, 0.25) is 0 Å². The molecule has 0 amide bonds. The average Bonchev–Trinajstić information content (AvgIpc) is 2.78. The second kappa shape index (κ2) is 5.42. The van der Waals surface area contributed by atoms with Crippen LogP contribution in [-0.4, -0.2) is 28.2 Å². The molecule has 4 aliphatic rings. The van der Waals surface area contributed by atoms with Gasteiger partial charge in [-0.05, 0) is 80.1 Å². The molecule has 0 bridgehead atoms.